The Morgan fingerprint density at radius 3 is 2.44 bits per heavy atom. The van der Waals surface area contributed by atoms with E-state index in [1.807, 2.05) is 24.3 Å². The normalized spacial score (nSPS) is 11.2. The highest BCUT2D eigenvalue weighted by atomic mass is 32.2. The van der Waals surface area contributed by atoms with Gasteiger partial charge in [-0.3, -0.25) is 0 Å². The van der Waals surface area contributed by atoms with Crippen LogP contribution in [0.1, 0.15) is 12.5 Å². The van der Waals surface area contributed by atoms with Crippen molar-refractivity contribution in [3.63, 3.8) is 0 Å². The Morgan fingerprint density at radius 1 is 1.28 bits per heavy atom. The van der Waals surface area contributed by atoms with E-state index in [2.05, 4.69) is 12.1 Å². The number of rotatable bonds is 4. The summed E-state index contributed by atoms with van der Waals surface area (Å²) < 4.78 is 5.96. The zero-order chi connectivity index (χ0) is 13.4. The molecule has 0 amide bonds. The molecule has 1 aromatic carbocycles. The third-order valence-corrected chi connectivity index (χ3v) is 4.36. The van der Waals surface area contributed by atoms with Crippen molar-refractivity contribution >= 4 is 44.3 Å². The first-order valence-corrected chi connectivity index (χ1v) is 7.52. The first-order valence-electron chi connectivity index (χ1n) is 5.31. The number of hydrogen-bond acceptors (Lipinski definition) is 6. The average Bonchev–Trinajstić information content (AvgIpc) is 2.39. The van der Waals surface area contributed by atoms with E-state index in [1.165, 1.54) is 18.9 Å². The molecule has 0 aliphatic heterocycles. The second-order valence-electron chi connectivity index (χ2n) is 3.09. The van der Waals surface area contributed by atoms with E-state index in [-0.39, 0.29) is 0 Å². The van der Waals surface area contributed by atoms with Crippen LogP contribution in [0.5, 0.6) is 5.75 Å². The lowest BCUT2D eigenvalue weighted by molar-refractivity contribution is 0.215. The minimum Gasteiger partial charge on any atom is -0.497 e. The van der Waals surface area contributed by atoms with Crippen LogP contribution < -0.4 is 4.74 Å². The van der Waals surface area contributed by atoms with E-state index < -0.39 is 0 Å². The van der Waals surface area contributed by atoms with Gasteiger partial charge in [0.2, 0.25) is 0 Å². The molecule has 0 fully saturated rings. The first kappa shape index (κ1) is 15.3. The minimum atomic E-state index is 0.756. The number of oxime groups is 1. The van der Waals surface area contributed by atoms with E-state index in [9.17, 15) is 0 Å². The van der Waals surface area contributed by atoms with Gasteiger partial charge in [-0.25, -0.2) is 0 Å². The number of benzene rings is 1. The molecular formula is C12H15NO2S3. The second-order valence-corrected chi connectivity index (χ2v) is 6.55. The van der Waals surface area contributed by atoms with Crippen molar-refractivity contribution in [3.8, 4) is 5.75 Å². The maximum absolute atomic E-state index is 5.26. The van der Waals surface area contributed by atoms with Crippen LogP contribution in [-0.4, -0.2) is 28.5 Å². The van der Waals surface area contributed by atoms with Gasteiger partial charge in [0.25, 0.3) is 0 Å². The summed E-state index contributed by atoms with van der Waals surface area (Å²) in [7, 11) is 3.17. The number of ether oxygens (including phenoxy) is 1. The molecule has 0 saturated heterocycles. The molecule has 0 aliphatic carbocycles. The van der Waals surface area contributed by atoms with E-state index in [0.29, 0.717) is 0 Å². The van der Waals surface area contributed by atoms with Gasteiger partial charge in [-0.05, 0) is 41.8 Å². The molecule has 1 aromatic rings. The molecule has 0 radical (unpaired) electrons. The molecule has 6 heteroatoms. The van der Waals surface area contributed by atoms with Crippen LogP contribution in [0.3, 0.4) is 0 Å². The molecule has 0 unspecified atom stereocenters. The molecule has 0 spiro atoms. The zero-order valence-electron chi connectivity index (χ0n) is 10.5. The van der Waals surface area contributed by atoms with Gasteiger partial charge in [-0.15, -0.1) is 11.8 Å². The van der Waals surface area contributed by atoms with Crippen LogP contribution in [0, 0.1) is 0 Å². The van der Waals surface area contributed by atoms with Crippen LogP contribution in [-0.2, 0) is 4.84 Å². The first-order chi connectivity index (χ1) is 8.71. The van der Waals surface area contributed by atoms with E-state index >= 15 is 0 Å². The molecule has 0 N–H and O–H groups in total. The highest BCUT2D eigenvalue weighted by Gasteiger charge is 2.09. The Kier molecular flexibility index (Phi) is 7.15. The van der Waals surface area contributed by atoms with Crippen molar-refractivity contribution in [1.29, 1.82) is 0 Å². The molecule has 18 heavy (non-hydrogen) atoms. The predicted molar refractivity (Wildman–Crippen MR) is 84.9 cm³/mol. The Labute approximate surface area is 121 Å². The fraction of sp³-hybridized carbons (Fsp3) is 0.333. The molecule has 0 heterocycles. The molecule has 1 rings (SSSR count). The monoisotopic (exact) mass is 301 g/mol. The summed E-state index contributed by atoms with van der Waals surface area (Å²) in [5, 5.41) is 4.77. The van der Waals surface area contributed by atoms with Crippen molar-refractivity contribution in [3.05, 3.63) is 29.8 Å². The van der Waals surface area contributed by atoms with Gasteiger partial charge in [0.15, 0.2) is 0 Å². The Balaban J connectivity index is 2.84. The Hall–Kier alpha value is -0.720. The summed E-state index contributed by atoms with van der Waals surface area (Å²) in [5.41, 5.74) is 0.960. The molecule has 0 saturated carbocycles. The van der Waals surface area contributed by atoms with E-state index in [0.717, 1.165) is 25.6 Å². The summed E-state index contributed by atoms with van der Waals surface area (Å²) in [5.74, 6) is 1.76. The summed E-state index contributed by atoms with van der Waals surface area (Å²) in [6.07, 6.45) is 0. The Bertz CT molecular complexity index is 418. The average molecular weight is 301 g/mol. The van der Waals surface area contributed by atoms with Gasteiger partial charge in [0.1, 0.15) is 21.4 Å². The zero-order valence-corrected chi connectivity index (χ0v) is 13.0. The third-order valence-electron chi connectivity index (χ3n) is 1.95. The quantitative estimate of drug-likeness (QED) is 0.366. The fourth-order valence-corrected chi connectivity index (χ4v) is 3.35. The largest absolute Gasteiger partial charge is 0.497 e. The summed E-state index contributed by atoms with van der Waals surface area (Å²) in [6, 6.07) is 7.64. The van der Waals surface area contributed by atoms with Crippen molar-refractivity contribution in [2.75, 3.05) is 20.0 Å². The van der Waals surface area contributed by atoms with Gasteiger partial charge in [0, 0.05) is 5.56 Å². The molecule has 0 atom stereocenters. The fourth-order valence-electron chi connectivity index (χ4n) is 1.17. The van der Waals surface area contributed by atoms with Crippen molar-refractivity contribution < 1.29 is 9.57 Å². The van der Waals surface area contributed by atoms with Crippen LogP contribution in [0.2, 0.25) is 0 Å². The standard InChI is InChI=1S/C12H15NO2S3/c1-4-17-12(16)18-11(13-15-3)9-5-7-10(14-2)8-6-9/h5-8H,4H2,1-3H3/b13-11-. The van der Waals surface area contributed by atoms with Crippen LogP contribution in [0.15, 0.2) is 29.4 Å². The number of thiocarbonyl (C=S) groups is 1. The third kappa shape index (κ3) is 4.88. The maximum atomic E-state index is 5.26. The topological polar surface area (TPSA) is 30.8 Å². The van der Waals surface area contributed by atoms with Crippen molar-refractivity contribution in [1.82, 2.24) is 0 Å². The van der Waals surface area contributed by atoms with Gasteiger partial charge in [0.05, 0.1) is 7.11 Å². The molecule has 0 bridgehead atoms. The van der Waals surface area contributed by atoms with Crippen LogP contribution >= 0.6 is 35.7 Å². The maximum Gasteiger partial charge on any atom is 0.149 e. The van der Waals surface area contributed by atoms with Crippen molar-refractivity contribution in [2.45, 2.75) is 6.92 Å². The molecular weight excluding hydrogens is 286 g/mol. The number of thioether (sulfide) groups is 2. The van der Waals surface area contributed by atoms with Gasteiger partial charge in [-0.2, -0.15) is 0 Å². The predicted octanol–water partition coefficient (Wildman–Crippen LogP) is 3.77. The van der Waals surface area contributed by atoms with Gasteiger partial charge >= 0.3 is 0 Å². The highest BCUT2D eigenvalue weighted by Crippen LogP contribution is 2.24. The van der Waals surface area contributed by atoms with Crippen LogP contribution in [0.4, 0.5) is 0 Å². The number of methoxy groups -OCH3 is 1. The van der Waals surface area contributed by atoms with E-state index in [1.54, 1.807) is 18.9 Å². The van der Waals surface area contributed by atoms with E-state index in [4.69, 9.17) is 21.8 Å². The lowest BCUT2D eigenvalue weighted by Gasteiger charge is -2.06. The van der Waals surface area contributed by atoms with Gasteiger partial charge in [-0.1, -0.05) is 24.3 Å². The number of hydrogen-bond donors (Lipinski definition) is 0. The summed E-state index contributed by atoms with van der Waals surface area (Å²) >= 11 is 8.32. The van der Waals surface area contributed by atoms with Gasteiger partial charge < -0.3 is 9.57 Å². The SMILES string of the molecule is CCSC(=S)S/C(=N\OC)c1ccc(OC)cc1. The lowest BCUT2D eigenvalue weighted by Crippen LogP contribution is -1.99. The van der Waals surface area contributed by atoms with Crippen molar-refractivity contribution in [2.24, 2.45) is 5.16 Å². The van der Waals surface area contributed by atoms with Crippen LogP contribution in [0.25, 0.3) is 0 Å². The molecule has 98 valence electrons. The Morgan fingerprint density at radius 2 is 1.94 bits per heavy atom. The summed E-state index contributed by atoms with van der Waals surface area (Å²) in [6.45, 7) is 2.07. The number of nitrogens with zero attached hydrogens (tertiary/aromatic N) is 1. The minimum absolute atomic E-state index is 0.756. The lowest BCUT2D eigenvalue weighted by atomic mass is 10.2. The smallest absolute Gasteiger partial charge is 0.149 e. The molecule has 0 aliphatic rings. The summed E-state index contributed by atoms with van der Waals surface area (Å²) in [4.78, 5) is 4.86. The highest BCUT2D eigenvalue weighted by molar-refractivity contribution is 8.52. The second kappa shape index (κ2) is 8.39. The molecule has 0 aromatic heterocycles. The molecule has 3 nitrogen and oxygen atoms in total.